The SMILES string of the molecule is OB(O)NCCCl. The molecule has 0 aliphatic heterocycles. The van der Waals surface area contributed by atoms with Gasteiger partial charge >= 0.3 is 7.25 Å². The van der Waals surface area contributed by atoms with Crippen LogP contribution in [0.4, 0.5) is 0 Å². The fourth-order valence-electron chi connectivity index (χ4n) is 0.184. The minimum Gasteiger partial charge on any atom is -0.413 e. The maximum absolute atomic E-state index is 8.07. The molecule has 5 heteroatoms. The molecular formula is C2H7BClNO2. The van der Waals surface area contributed by atoms with E-state index >= 15 is 0 Å². The molecule has 3 N–H and O–H groups in total. The molecule has 0 saturated heterocycles. The summed E-state index contributed by atoms with van der Waals surface area (Å²) in [6.45, 7) is 0.416. The van der Waals surface area contributed by atoms with Crippen molar-refractivity contribution in [2.75, 3.05) is 12.4 Å². The van der Waals surface area contributed by atoms with Crippen LogP contribution >= 0.6 is 11.6 Å². The Balaban J connectivity index is 2.68. The highest BCUT2D eigenvalue weighted by Crippen LogP contribution is 1.67. The van der Waals surface area contributed by atoms with Gasteiger partial charge < -0.3 is 15.3 Å². The Morgan fingerprint density at radius 3 is 2.29 bits per heavy atom. The summed E-state index contributed by atoms with van der Waals surface area (Å²) in [5.74, 6) is 0.387. The van der Waals surface area contributed by atoms with Gasteiger partial charge in [-0.05, 0) is 0 Å². The Kier molecular flexibility index (Phi) is 4.54. The van der Waals surface area contributed by atoms with Crippen LogP contribution in [0.15, 0.2) is 0 Å². The van der Waals surface area contributed by atoms with E-state index < -0.39 is 7.25 Å². The third-order valence-electron chi connectivity index (χ3n) is 0.421. The van der Waals surface area contributed by atoms with Gasteiger partial charge in [0.2, 0.25) is 0 Å². The molecule has 0 saturated carbocycles. The monoisotopic (exact) mass is 123 g/mol. The summed E-state index contributed by atoms with van der Waals surface area (Å²) < 4.78 is 0. The van der Waals surface area contributed by atoms with E-state index in [0.29, 0.717) is 12.4 Å². The van der Waals surface area contributed by atoms with Gasteiger partial charge in [0, 0.05) is 12.4 Å². The summed E-state index contributed by atoms with van der Waals surface area (Å²) in [5, 5.41) is 18.4. The van der Waals surface area contributed by atoms with Crippen LogP contribution in [0.25, 0.3) is 0 Å². The van der Waals surface area contributed by atoms with Crippen molar-refractivity contribution in [2.24, 2.45) is 0 Å². The lowest BCUT2D eigenvalue weighted by Crippen LogP contribution is -2.34. The maximum atomic E-state index is 8.07. The van der Waals surface area contributed by atoms with Gasteiger partial charge in [0.05, 0.1) is 0 Å². The van der Waals surface area contributed by atoms with Crippen LogP contribution in [0.2, 0.25) is 0 Å². The molecule has 0 amide bonds. The predicted molar refractivity (Wildman–Crippen MR) is 28.9 cm³/mol. The van der Waals surface area contributed by atoms with Gasteiger partial charge in [-0.2, -0.15) is 0 Å². The first-order valence-corrected chi connectivity index (χ1v) is 2.46. The van der Waals surface area contributed by atoms with Gasteiger partial charge in [-0.15, -0.1) is 11.6 Å². The first-order valence-electron chi connectivity index (χ1n) is 1.93. The number of alkyl halides is 1. The van der Waals surface area contributed by atoms with Gasteiger partial charge in [0.25, 0.3) is 0 Å². The van der Waals surface area contributed by atoms with Crippen LogP contribution < -0.4 is 5.23 Å². The van der Waals surface area contributed by atoms with E-state index in [4.69, 9.17) is 21.6 Å². The fraction of sp³-hybridized carbons (Fsp3) is 1.00. The van der Waals surface area contributed by atoms with Crippen LogP contribution in [0.5, 0.6) is 0 Å². The van der Waals surface area contributed by atoms with E-state index in [-0.39, 0.29) is 0 Å². The molecule has 0 unspecified atom stereocenters. The molecule has 0 radical (unpaired) electrons. The molecule has 0 atom stereocenters. The van der Waals surface area contributed by atoms with Crippen LogP contribution in [0.3, 0.4) is 0 Å². The van der Waals surface area contributed by atoms with Crippen LogP contribution in [0, 0.1) is 0 Å². The molecule has 0 aromatic heterocycles. The Bertz CT molecular complexity index is 44.7. The summed E-state index contributed by atoms with van der Waals surface area (Å²) in [6.07, 6.45) is 0. The number of nitrogens with one attached hydrogen (secondary N) is 1. The highest BCUT2D eigenvalue weighted by Gasteiger charge is 2.01. The lowest BCUT2D eigenvalue weighted by Gasteiger charge is -1.94. The minimum atomic E-state index is -1.43. The average molecular weight is 123 g/mol. The molecule has 0 bridgehead atoms. The molecule has 0 heterocycles. The minimum absolute atomic E-state index is 0.387. The van der Waals surface area contributed by atoms with E-state index in [9.17, 15) is 0 Å². The van der Waals surface area contributed by atoms with Crippen LogP contribution in [0.1, 0.15) is 0 Å². The van der Waals surface area contributed by atoms with E-state index in [1.807, 2.05) is 0 Å². The van der Waals surface area contributed by atoms with E-state index in [1.54, 1.807) is 0 Å². The summed E-state index contributed by atoms with van der Waals surface area (Å²) in [6, 6.07) is 0. The van der Waals surface area contributed by atoms with Crippen molar-refractivity contribution >= 4 is 18.9 Å². The normalized spacial score (nSPS) is 9.00. The molecule has 42 valence electrons. The summed E-state index contributed by atoms with van der Waals surface area (Å²) in [5.41, 5.74) is 0. The zero-order chi connectivity index (χ0) is 5.70. The molecular weight excluding hydrogens is 116 g/mol. The fourth-order valence-corrected chi connectivity index (χ4v) is 0.293. The van der Waals surface area contributed by atoms with Crippen molar-refractivity contribution in [1.82, 2.24) is 5.23 Å². The second-order valence-electron chi connectivity index (χ2n) is 1.02. The molecule has 3 nitrogen and oxygen atoms in total. The summed E-state index contributed by atoms with van der Waals surface area (Å²) >= 11 is 5.16. The third kappa shape index (κ3) is 6.23. The topological polar surface area (TPSA) is 52.5 Å². The van der Waals surface area contributed by atoms with Crippen LogP contribution in [-0.2, 0) is 0 Å². The van der Waals surface area contributed by atoms with Crippen molar-refractivity contribution in [2.45, 2.75) is 0 Å². The number of halogens is 1. The van der Waals surface area contributed by atoms with E-state index in [2.05, 4.69) is 5.23 Å². The van der Waals surface area contributed by atoms with Gasteiger partial charge in [0.15, 0.2) is 0 Å². The molecule has 0 aliphatic rings. The van der Waals surface area contributed by atoms with Crippen molar-refractivity contribution in [3.63, 3.8) is 0 Å². The first kappa shape index (κ1) is 7.23. The lowest BCUT2D eigenvalue weighted by molar-refractivity contribution is 0.388. The zero-order valence-corrected chi connectivity index (χ0v) is 4.52. The molecule has 0 spiro atoms. The van der Waals surface area contributed by atoms with Gasteiger partial charge in [-0.3, -0.25) is 0 Å². The van der Waals surface area contributed by atoms with Gasteiger partial charge in [-0.25, -0.2) is 0 Å². The van der Waals surface area contributed by atoms with E-state index in [0.717, 1.165) is 0 Å². The maximum Gasteiger partial charge on any atom is 0.549 e. The quantitative estimate of drug-likeness (QED) is 0.326. The third-order valence-corrected chi connectivity index (χ3v) is 0.610. The molecule has 7 heavy (non-hydrogen) atoms. The molecule has 0 aliphatic carbocycles. The summed E-state index contributed by atoms with van der Waals surface area (Å²) in [4.78, 5) is 0. The predicted octanol–water partition coefficient (Wildman–Crippen LogP) is -1.22. The van der Waals surface area contributed by atoms with Crippen molar-refractivity contribution < 1.29 is 10.0 Å². The Morgan fingerprint density at radius 1 is 1.57 bits per heavy atom. The molecule has 0 rings (SSSR count). The highest BCUT2D eigenvalue weighted by molar-refractivity contribution is 6.37. The van der Waals surface area contributed by atoms with Crippen LogP contribution in [-0.4, -0.2) is 29.7 Å². The standard InChI is InChI=1S/C2H7BClNO2/c4-1-2-5-3(6)7/h5-7H,1-2H2. The lowest BCUT2D eigenvalue weighted by atomic mass is 10.1. The number of hydrogen-bond acceptors (Lipinski definition) is 3. The molecule has 0 aromatic carbocycles. The number of rotatable bonds is 3. The number of hydrogen-bond donors (Lipinski definition) is 3. The smallest absolute Gasteiger partial charge is 0.413 e. The second-order valence-corrected chi connectivity index (χ2v) is 1.39. The van der Waals surface area contributed by atoms with Gasteiger partial charge in [0.1, 0.15) is 0 Å². The molecule has 0 aromatic rings. The Labute approximate surface area is 47.5 Å². The highest BCUT2D eigenvalue weighted by atomic mass is 35.5. The molecule has 0 fully saturated rings. The van der Waals surface area contributed by atoms with Gasteiger partial charge in [-0.1, -0.05) is 0 Å². The van der Waals surface area contributed by atoms with Crippen molar-refractivity contribution in [1.29, 1.82) is 0 Å². The zero-order valence-electron chi connectivity index (χ0n) is 3.76. The Hall–Kier alpha value is 0.235. The average Bonchev–Trinajstić information content (AvgIpc) is 1.61. The Morgan fingerprint density at radius 2 is 2.14 bits per heavy atom. The summed E-state index contributed by atoms with van der Waals surface area (Å²) in [7, 11) is -1.43. The largest absolute Gasteiger partial charge is 0.549 e. The van der Waals surface area contributed by atoms with Crippen molar-refractivity contribution in [3.05, 3.63) is 0 Å². The van der Waals surface area contributed by atoms with Crippen molar-refractivity contribution in [3.8, 4) is 0 Å². The first-order chi connectivity index (χ1) is 3.27. The van der Waals surface area contributed by atoms with E-state index in [1.165, 1.54) is 0 Å². The second kappa shape index (κ2) is 4.40.